The average Bonchev–Trinajstić information content (AvgIpc) is 2.34. The maximum absolute atomic E-state index is 11.8. The second-order valence-corrected chi connectivity index (χ2v) is 4.02. The van der Waals surface area contributed by atoms with Gasteiger partial charge in [-0.2, -0.15) is 0 Å². The van der Waals surface area contributed by atoms with Crippen molar-refractivity contribution < 1.29 is 4.79 Å². The summed E-state index contributed by atoms with van der Waals surface area (Å²) in [5.41, 5.74) is 0.755. The van der Waals surface area contributed by atoms with Crippen molar-refractivity contribution in [1.82, 2.24) is 9.97 Å². The minimum Gasteiger partial charge on any atom is -0.319 e. The number of carbonyl (C=O) groups is 1. The molecule has 4 nitrogen and oxygen atoms in total. The van der Waals surface area contributed by atoms with Crippen LogP contribution in [-0.2, 0) is 0 Å². The fourth-order valence-electron chi connectivity index (χ4n) is 1.20. The van der Waals surface area contributed by atoms with E-state index in [1.54, 1.807) is 18.2 Å². The molecule has 0 aliphatic heterocycles. The van der Waals surface area contributed by atoms with E-state index in [1.807, 2.05) is 0 Å². The van der Waals surface area contributed by atoms with Crippen molar-refractivity contribution in [2.45, 2.75) is 0 Å². The largest absolute Gasteiger partial charge is 0.319 e. The van der Waals surface area contributed by atoms with Gasteiger partial charge < -0.3 is 5.32 Å². The minimum atomic E-state index is -0.350. The van der Waals surface area contributed by atoms with Crippen molar-refractivity contribution in [3.8, 4) is 0 Å². The highest BCUT2D eigenvalue weighted by molar-refractivity contribution is 6.36. The normalized spacial score (nSPS) is 10.0. The molecule has 0 radical (unpaired) electrons. The summed E-state index contributed by atoms with van der Waals surface area (Å²) < 4.78 is 0. The van der Waals surface area contributed by atoms with Crippen LogP contribution in [0.2, 0.25) is 10.0 Å². The fraction of sp³-hybridized carbons (Fsp3) is 0. The number of hydrogen-bond donors (Lipinski definition) is 1. The number of benzene rings is 1. The SMILES string of the molecule is O=C(Nc1ccc(Cl)cc1Cl)c1ccncn1. The van der Waals surface area contributed by atoms with Crippen LogP contribution >= 0.6 is 23.2 Å². The summed E-state index contributed by atoms with van der Waals surface area (Å²) in [6, 6.07) is 6.34. The van der Waals surface area contributed by atoms with E-state index in [0.29, 0.717) is 15.7 Å². The Kier molecular flexibility index (Phi) is 3.56. The number of amides is 1. The molecule has 0 aliphatic rings. The molecular formula is C11H7Cl2N3O. The summed E-state index contributed by atoms with van der Waals surface area (Å²) in [5, 5.41) is 3.52. The zero-order valence-corrected chi connectivity index (χ0v) is 10.0. The van der Waals surface area contributed by atoms with Crippen LogP contribution in [0, 0.1) is 0 Å². The van der Waals surface area contributed by atoms with Crippen molar-refractivity contribution in [2.24, 2.45) is 0 Å². The topological polar surface area (TPSA) is 54.9 Å². The van der Waals surface area contributed by atoms with E-state index in [9.17, 15) is 4.79 Å². The van der Waals surface area contributed by atoms with Crippen LogP contribution in [0.4, 0.5) is 5.69 Å². The summed E-state index contributed by atoms with van der Waals surface area (Å²) in [6.07, 6.45) is 2.80. The lowest BCUT2D eigenvalue weighted by molar-refractivity contribution is 0.102. The Morgan fingerprint density at radius 1 is 1.24 bits per heavy atom. The molecule has 1 aromatic heterocycles. The molecular weight excluding hydrogens is 261 g/mol. The van der Waals surface area contributed by atoms with Gasteiger partial charge >= 0.3 is 0 Å². The van der Waals surface area contributed by atoms with E-state index in [2.05, 4.69) is 15.3 Å². The van der Waals surface area contributed by atoms with E-state index >= 15 is 0 Å². The molecule has 17 heavy (non-hydrogen) atoms. The van der Waals surface area contributed by atoms with Crippen molar-refractivity contribution >= 4 is 34.8 Å². The van der Waals surface area contributed by atoms with Gasteiger partial charge in [-0.15, -0.1) is 0 Å². The fourth-order valence-corrected chi connectivity index (χ4v) is 1.66. The Bertz CT molecular complexity index is 546. The zero-order chi connectivity index (χ0) is 12.3. The van der Waals surface area contributed by atoms with Gasteiger partial charge in [-0.05, 0) is 24.3 Å². The summed E-state index contributed by atoms with van der Waals surface area (Å²) in [5.74, 6) is -0.350. The molecule has 2 rings (SSSR count). The third kappa shape index (κ3) is 2.93. The molecule has 0 saturated carbocycles. The average molecular weight is 268 g/mol. The molecule has 0 atom stereocenters. The second-order valence-electron chi connectivity index (χ2n) is 3.17. The first kappa shape index (κ1) is 11.8. The highest BCUT2D eigenvalue weighted by Crippen LogP contribution is 2.25. The molecule has 2 aromatic rings. The van der Waals surface area contributed by atoms with Gasteiger partial charge in [-0.1, -0.05) is 23.2 Å². The van der Waals surface area contributed by atoms with Crippen molar-refractivity contribution in [3.63, 3.8) is 0 Å². The van der Waals surface area contributed by atoms with Crippen LogP contribution in [0.1, 0.15) is 10.5 Å². The van der Waals surface area contributed by atoms with E-state index in [-0.39, 0.29) is 11.6 Å². The molecule has 0 saturated heterocycles. The van der Waals surface area contributed by atoms with Gasteiger partial charge in [0, 0.05) is 11.2 Å². The Hall–Kier alpha value is -1.65. The van der Waals surface area contributed by atoms with Gasteiger partial charge in [0.05, 0.1) is 10.7 Å². The van der Waals surface area contributed by atoms with E-state index in [1.165, 1.54) is 18.6 Å². The molecule has 6 heteroatoms. The monoisotopic (exact) mass is 267 g/mol. The summed E-state index contributed by atoms with van der Waals surface area (Å²) in [4.78, 5) is 19.3. The van der Waals surface area contributed by atoms with Crippen LogP contribution in [-0.4, -0.2) is 15.9 Å². The first-order valence-corrected chi connectivity index (χ1v) is 5.45. The van der Waals surface area contributed by atoms with Gasteiger partial charge in [-0.3, -0.25) is 4.79 Å². The van der Waals surface area contributed by atoms with Crippen molar-refractivity contribution in [1.29, 1.82) is 0 Å². The standard InChI is InChI=1S/C11H7Cl2N3O/c12-7-1-2-9(8(13)5-7)16-11(17)10-3-4-14-6-15-10/h1-6H,(H,16,17). The predicted octanol–water partition coefficient (Wildman–Crippen LogP) is 3.04. The molecule has 1 heterocycles. The number of anilines is 1. The number of aromatic nitrogens is 2. The number of carbonyl (C=O) groups excluding carboxylic acids is 1. The molecule has 0 bridgehead atoms. The van der Waals surface area contributed by atoms with Crippen molar-refractivity contribution in [3.05, 3.63) is 52.5 Å². The molecule has 86 valence electrons. The minimum absolute atomic E-state index is 0.269. The predicted molar refractivity (Wildman–Crippen MR) is 66.4 cm³/mol. The van der Waals surface area contributed by atoms with Gasteiger partial charge in [0.2, 0.25) is 0 Å². The molecule has 1 aromatic carbocycles. The first-order valence-electron chi connectivity index (χ1n) is 4.69. The number of rotatable bonds is 2. The number of nitrogens with one attached hydrogen (secondary N) is 1. The molecule has 0 spiro atoms. The van der Waals surface area contributed by atoms with Crippen LogP contribution in [0.5, 0.6) is 0 Å². The Labute approximate surface area is 108 Å². The Balaban J connectivity index is 2.19. The lowest BCUT2D eigenvalue weighted by atomic mass is 10.3. The third-order valence-electron chi connectivity index (χ3n) is 1.99. The maximum Gasteiger partial charge on any atom is 0.274 e. The summed E-state index contributed by atoms with van der Waals surface area (Å²) in [7, 11) is 0. The molecule has 0 unspecified atom stereocenters. The molecule has 0 fully saturated rings. The Morgan fingerprint density at radius 2 is 2.06 bits per heavy atom. The van der Waals surface area contributed by atoms with Gasteiger partial charge in [0.1, 0.15) is 12.0 Å². The van der Waals surface area contributed by atoms with Gasteiger partial charge in [0.25, 0.3) is 5.91 Å². The first-order chi connectivity index (χ1) is 8.16. The summed E-state index contributed by atoms with van der Waals surface area (Å²) >= 11 is 11.7. The van der Waals surface area contributed by atoms with Crippen LogP contribution in [0.3, 0.4) is 0 Å². The van der Waals surface area contributed by atoms with E-state index in [0.717, 1.165) is 0 Å². The molecule has 1 N–H and O–H groups in total. The van der Waals surface area contributed by atoms with Crippen LogP contribution < -0.4 is 5.32 Å². The molecule has 1 amide bonds. The smallest absolute Gasteiger partial charge is 0.274 e. The van der Waals surface area contributed by atoms with Crippen LogP contribution in [0.15, 0.2) is 36.8 Å². The maximum atomic E-state index is 11.8. The highest BCUT2D eigenvalue weighted by Gasteiger charge is 2.09. The van der Waals surface area contributed by atoms with E-state index in [4.69, 9.17) is 23.2 Å². The van der Waals surface area contributed by atoms with E-state index < -0.39 is 0 Å². The van der Waals surface area contributed by atoms with Crippen LogP contribution in [0.25, 0.3) is 0 Å². The van der Waals surface area contributed by atoms with Gasteiger partial charge in [0.15, 0.2) is 0 Å². The number of halogens is 2. The second kappa shape index (κ2) is 5.12. The van der Waals surface area contributed by atoms with Crippen molar-refractivity contribution in [2.75, 3.05) is 5.32 Å². The molecule has 0 aliphatic carbocycles. The lowest BCUT2D eigenvalue weighted by Crippen LogP contribution is -2.13. The third-order valence-corrected chi connectivity index (χ3v) is 2.54. The quantitative estimate of drug-likeness (QED) is 0.910. The zero-order valence-electron chi connectivity index (χ0n) is 8.52. The Morgan fingerprint density at radius 3 is 2.71 bits per heavy atom. The van der Waals surface area contributed by atoms with Gasteiger partial charge in [-0.25, -0.2) is 9.97 Å². The number of hydrogen-bond acceptors (Lipinski definition) is 3. The number of nitrogens with zero attached hydrogens (tertiary/aromatic N) is 2. The summed E-state index contributed by atoms with van der Waals surface area (Å²) in [6.45, 7) is 0. The lowest BCUT2D eigenvalue weighted by Gasteiger charge is -2.06. The highest BCUT2D eigenvalue weighted by atomic mass is 35.5.